The second-order valence-electron chi connectivity index (χ2n) is 2.68. The molecule has 2 atom stereocenters. The van der Waals surface area contributed by atoms with Crippen LogP contribution in [0.25, 0.3) is 0 Å². The molecule has 4 heteroatoms. The second-order valence-corrected chi connectivity index (χ2v) is 4.15. The van der Waals surface area contributed by atoms with E-state index in [0.29, 0.717) is 6.42 Å². The number of nitrogens with zero attached hydrogens (tertiary/aromatic N) is 1. The summed E-state index contributed by atoms with van der Waals surface area (Å²) in [5.74, 6) is -0.894. The van der Waals surface area contributed by atoms with Crippen LogP contribution in [0.3, 0.4) is 0 Å². The normalized spacial score (nSPS) is 33.7. The summed E-state index contributed by atoms with van der Waals surface area (Å²) >= 11 is 3.38. The molecule has 2 unspecified atom stereocenters. The average Bonchev–Trinajstić information content (AvgIpc) is 2.05. The van der Waals surface area contributed by atoms with Crippen molar-refractivity contribution in [2.45, 2.75) is 23.7 Å². The topological polar surface area (TPSA) is 49.7 Å². The van der Waals surface area contributed by atoms with Gasteiger partial charge < -0.3 is 5.11 Å². The molecular weight excluding hydrogens is 222 g/mol. The molecule has 1 heterocycles. The summed E-state index contributed by atoms with van der Waals surface area (Å²) in [6.07, 6.45) is 5.82. The second kappa shape index (κ2) is 3.39. The predicted octanol–water partition coefficient (Wildman–Crippen LogP) is 1.62. The summed E-state index contributed by atoms with van der Waals surface area (Å²) in [5.41, 5.74) is 0. The van der Waals surface area contributed by atoms with E-state index in [2.05, 4.69) is 20.9 Å². The van der Waals surface area contributed by atoms with E-state index in [0.717, 1.165) is 0 Å². The first kappa shape index (κ1) is 9.45. The lowest BCUT2D eigenvalue weighted by molar-refractivity contribution is -0.138. The number of allylic oxidation sites excluding steroid dienone is 1. The molecule has 0 spiro atoms. The standard InChI is InChI=1S/C8H10BrNO2/c1-2-8(9)4-3-5-10-6(8)7(11)12/h3-6H,2H2,1H3,(H,11,12). The summed E-state index contributed by atoms with van der Waals surface area (Å²) in [5, 5.41) is 8.83. The lowest BCUT2D eigenvalue weighted by Gasteiger charge is -2.28. The summed E-state index contributed by atoms with van der Waals surface area (Å²) in [4.78, 5) is 14.6. The van der Waals surface area contributed by atoms with Crippen LogP contribution in [0.4, 0.5) is 0 Å². The first-order valence-electron chi connectivity index (χ1n) is 3.73. The third-order valence-corrected chi connectivity index (χ3v) is 3.18. The fraction of sp³-hybridized carbons (Fsp3) is 0.500. The zero-order valence-electron chi connectivity index (χ0n) is 6.70. The van der Waals surface area contributed by atoms with Crippen LogP contribution in [0.15, 0.2) is 17.1 Å². The van der Waals surface area contributed by atoms with Gasteiger partial charge in [-0.1, -0.05) is 28.9 Å². The minimum atomic E-state index is -0.894. The van der Waals surface area contributed by atoms with E-state index in [1.54, 1.807) is 6.08 Å². The number of aliphatic carboxylic acids is 1. The third kappa shape index (κ3) is 1.58. The molecule has 1 aliphatic rings. The highest BCUT2D eigenvalue weighted by Gasteiger charge is 2.38. The summed E-state index contributed by atoms with van der Waals surface area (Å²) in [6, 6.07) is -0.701. The van der Waals surface area contributed by atoms with Crippen molar-refractivity contribution in [1.82, 2.24) is 0 Å². The number of alkyl halides is 1. The van der Waals surface area contributed by atoms with Gasteiger partial charge in [-0.2, -0.15) is 0 Å². The number of hydrogen-bond acceptors (Lipinski definition) is 2. The number of dihydropyridines is 1. The number of rotatable bonds is 2. The maximum atomic E-state index is 10.8. The molecule has 66 valence electrons. The minimum absolute atomic E-state index is 0.506. The largest absolute Gasteiger partial charge is 0.480 e. The van der Waals surface area contributed by atoms with Crippen LogP contribution < -0.4 is 0 Å². The minimum Gasteiger partial charge on any atom is -0.480 e. The maximum Gasteiger partial charge on any atom is 0.330 e. The SMILES string of the molecule is CCC1(Br)C=CC=NC1C(=O)O. The number of hydrogen-bond donors (Lipinski definition) is 1. The van der Waals surface area contributed by atoms with Crippen molar-refractivity contribution >= 4 is 28.1 Å². The third-order valence-electron chi connectivity index (χ3n) is 1.92. The van der Waals surface area contributed by atoms with Crippen LogP contribution in [0.5, 0.6) is 0 Å². The Morgan fingerprint density at radius 1 is 1.83 bits per heavy atom. The van der Waals surface area contributed by atoms with Crippen LogP contribution >= 0.6 is 15.9 Å². The molecule has 0 saturated carbocycles. The molecule has 1 aliphatic heterocycles. The first-order chi connectivity index (χ1) is 5.60. The monoisotopic (exact) mass is 231 g/mol. The Hall–Kier alpha value is -0.640. The van der Waals surface area contributed by atoms with E-state index in [1.165, 1.54) is 6.21 Å². The van der Waals surface area contributed by atoms with Crippen molar-refractivity contribution in [3.63, 3.8) is 0 Å². The molecule has 0 bridgehead atoms. The van der Waals surface area contributed by atoms with Gasteiger partial charge in [0.1, 0.15) is 0 Å². The maximum absolute atomic E-state index is 10.8. The molecule has 0 aromatic heterocycles. The average molecular weight is 232 g/mol. The van der Waals surface area contributed by atoms with Gasteiger partial charge in [0, 0.05) is 6.21 Å². The molecule has 0 aromatic carbocycles. The van der Waals surface area contributed by atoms with Gasteiger partial charge in [0.2, 0.25) is 0 Å². The zero-order chi connectivity index (χ0) is 9.19. The Labute approximate surface area is 79.3 Å². The van der Waals surface area contributed by atoms with Gasteiger partial charge in [-0.15, -0.1) is 0 Å². The van der Waals surface area contributed by atoms with Gasteiger partial charge in [0.25, 0.3) is 0 Å². The van der Waals surface area contributed by atoms with Crippen LogP contribution in [0.2, 0.25) is 0 Å². The van der Waals surface area contributed by atoms with Crippen LogP contribution in [0, 0.1) is 0 Å². The highest BCUT2D eigenvalue weighted by atomic mass is 79.9. The molecule has 0 fully saturated rings. The van der Waals surface area contributed by atoms with E-state index >= 15 is 0 Å². The van der Waals surface area contributed by atoms with Crippen molar-refractivity contribution in [2.24, 2.45) is 4.99 Å². The van der Waals surface area contributed by atoms with Gasteiger partial charge in [0.05, 0.1) is 4.32 Å². The Kier molecular flexibility index (Phi) is 2.67. The molecule has 0 amide bonds. The molecule has 0 radical (unpaired) electrons. The lowest BCUT2D eigenvalue weighted by atomic mass is 9.95. The van der Waals surface area contributed by atoms with Gasteiger partial charge in [-0.05, 0) is 12.5 Å². The van der Waals surface area contributed by atoms with E-state index in [4.69, 9.17) is 5.11 Å². The van der Waals surface area contributed by atoms with E-state index in [9.17, 15) is 4.79 Å². The fourth-order valence-electron chi connectivity index (χ4n) is 1.13. The first-order valence-corrected chi connectivity index (χ1v) is 4.52. The molecule has 1 rings (SSSR count). The number of aliphatic imine (C=N–C) groups is 1. The number of halogens is 1. The molecule has 1 N–H and O–H groups in total. The van der Waals surface area contributed by atoms with E-state index in [1.807, 2.05) is 13.0 Å². The molecule has 0 saturated heterocycles. The summed E-state index contributed by atoms with van der Waals surface area (Å²) in [7, 11) is 0. The Bertz CT molecular complexity index is 249. The van der Waals surface area contributed by atoms with E-state index in [-0.39, 0.29) is 0 Å². The Balaban J connectivity index is 2.92. The lowest BCUT2D eigenvalue weighted by Crippen LogP contribution is -2.40. The number of carboxylic acids is 1. The van der Waals surface area contributed by atoms with Crippen LogP contribution in [-0.4, -0.2) is 27.7 Å². The molecular formula is C8H10BrNO2. The van der Waals surface area contributed by atoms with Gasteiger partial charge in [-0.3, -0.25) is 4.99 Å². The van der Waals surface area contributed by atoms with Crippen molar-refractivity contribution in [2.75, 3.05) is 0 Å². The zero-order valence-corrected chi connectivity index (χ0v) is 8.28. The van der Waals surface area contributed by atoms with Crippen molar-refractivity contribution in [3.05, 3.63) is 12.2 Å². The van der Waals surface area contributed by atoms with Gasteiger partial charge in [-0.25, -0.2) is 4.79 Å². The van der Waals surface area contributed by atoms with Crippen LogP contribution in [-0.2, 0) is 4.79 Å². The van der Waals surface area contributed by atoms with Crippen molar-refractivity contribution in [1.29, 1.82) is 0 Å². The summed E-state index contributed by atoms with van der Waals surface area (Å²) < 4.78 is -0.506. The molecule has 12 heavy (non-hydrogen) atoms. The quantitative estimate of drug-likeness (QED) is 0.735. The van der Waals surface area contributed by atoms with Crippen LogP contribution in [0.1, 0.15) is 13.3 Å². The number of carbonyl (C=O) groups is 1. The Morgan fingerprint density at radius 2 is 2.50 bits per heavy atom. The smallest absolute Gasteiger partial charge is 0.330 e. The van der Waals surface area contributed by atoms with E-state index < -0.39 is 16.3 Å². The van der Waals surface area contributed by atoms with Crippen molar-refractivity contribution in [3.8, 4) is 0 Å². The molecule has 3 nitrogen and oxygen atoms in total. The van der Waals surface area contributed by atoms with Gasteiger partial charge >= 0.3 is 5.97 Å². The highest BCUT2D eigenvalue weighted by Crippen LogP contribution is 2.32. The molecule has 0 aliphatic carbocycles. The molecule has 0 aromatic rings. The highest BCUT2D eigenvalue weighted by molar-refractivity contribution is 9.10. The van der Waals surface area contributed by atoms with Crippen molar-refractivity contribution < 1.29 is 9.90 Å². The fourth-order valence-corrected chi connectivity index (χ4v) is 1.60. The Morgan fingerprint density at radius 3 is 2.92 bits per heavy atom. The number of carboxylic acid groups (broad SMARTS) is 1. The predicted molar refractivity (Wildman–Crippen MR) is 51.0 cm³/mol. The summed E-state index contributed by atoms with van der Waals surface area (Å²) in [6.45, 7) is 1.93. The van der Waals surface area contributed by atoms with Gasteiger partial charge in [0.15, 0.2) is 6.04 Å².